The number of aryl methyl sites for hydroxylation is 3. The van der Waals surface area contributed by atoms with E-state index in [0.29, 0.717) is 0 Å². The second kappa shape index (κ2) is 8.48. The van der Waals surface area contributed by atoms with Crippen LogP contribution in [0.5, 0.6) is 0 Å². The largest absolute Gasteiger partial charge is 0.284 e. The van der Waals surface area contributed by atoms with Crippen LogP contribution in [0, 0.1) is 20.8 Å². The molecule has 6 rings (SSSR count). The van der Waals surface area contributed by atoms with Crippen molar-refractivity contribution in [3.8, 4) is 22.5 Å². The third kappa shape index (κ3) is 3.68. The SMILES string of the molecule is Cc1cc[n+](-[n+]2ccccc2-c2ccccc2C)c(-c2cc3c(ccc4ccccc43)cc2C)c1. The maximum Gasteiger partial charge on any atom is 0.284 e. The van der Waals surface area contributed by atoms with Gasteiger partial charge in [-0.15, -0.1) is 0 Å². The Kier molecular flexibility index (Phi) is 5.15. The molecular weight excluding hydrogens is 424 g/mol. The minimum Gasteiger partial charge on any atom is -0.0620 e. The average molecular weight is 453 g/mol. The van der Waals surface area contributed by atoms with Gasteiger partial charge in [-0.05, 0) is 77.2 Å². The van der Waals surface area contributed by atoms with E-state index in [1.807, 2.05) is 0 Å². The Morgan fingerprint density at radius 2 is 1.20 bits per heavy atom. The van der Waals surface area contributed by atoms with Gasteiger partial charge in [-0.3, -0.25) is 0 Å². The van der Waals surface area contributed by atoms with Crippen molar-refractivity contribution in [2.75, 3.05) is 0 Å². The number of pyridine rings is 2. The molecule has 0 radical (unpaired) electrons. The number of hydrogen-bond acceptors (Lipinski definition) is 0. The molecule has 4 aromatic carbocycles. The molecule has 0 N–H and O–H groups in total. The van der Waals surface area contributed by atoms with E-state index in [4.69, 9.17) is 0 Å². The van der Waals surface area contributed by atoms with Crippen molar-refractivity contribution in [1.82, 2.24) is 0 Å². The lowest BCUT2D eigenvalue weighted by atomic mass is 9.95. The molecule has 0 fully saturated rings. The van der Waals surface area contributed by atoms with E-state index in [1.165, 1.54) is 55.1 Å². The highest BCUT2D eigenvalue weighted by atomic mass is 15.4. The summed E-state index contributed by atoms with van der Waals surface area (Å²) in [5.74, 6) is 0. The van der Waals surface area contributed by atoms with E-state index in [1.54, 1.807) is 0 Å². The van der Waals surface area contributed by atoms with Crippen LogP contribution in [0.25, 0.3) is 44.1 Å². The van der Waals surface area contributed by atoms with Crippen LogP contribution < -0.4 is 9.35 Å². The highest BCUT2D eigenvalue weighted by Gasteiger charge is 2.28. The maximum atomic E-state index is 2.37. The Bertz CT molecular complexity index is 1730. The van der Waals surface area contributed by atoms with Crippen molar-refractivity contribution in [2.24, 2.45) is 0 Å². The molecule has 2 nitrogen and oxygen atoms in total. The zero-order chi connectivity index (χ0) is 23.9. The summed E-state index contributed by atoms with van der Waals surface area (Å²) >= 11 is 0. The molecule has 0 atom stereocenters. The second-order valence-electron chi connectivity index (χ2n) is 9.35. The van der Waals surface area contributed by atoms with Gasteiger partial charge in [0.25, 0.3) is 11.4 Å². The van der Waals surface area contributed by atoms with Gasteiger partial charge in [-0.2, -0.15) is 0 Å². The van der Waals surface area contributed by atoms with Crippen molar-refractivity contribution in [3.05, 3.63) is 132 Å². The van der Waals surface area contributed by atoms with Crippen LogP contribution in [0.3, 0.4) is 0 Å². The summed E-state index contributed by atoms with van der Waals surface area (Å²) in [6.07, 6.45) is 4.32. The molecule has 2 heterocycles. The molecule has 2 heteroatoms. The first-order valence-electron chi connectivity index (χ1n) is 12.1. The Labute approximate surface area is 206 Å². The summed E-state index contributed by atoms with van der Waals surface area (Å²) < 4.78 is 4.53. The van der Waals surface area contributed by atoms with Gasteiger partial charge >= 0.3 is 0 Å². The van der Waals surface area contributed by atoms with Gasteiger partial charge in [-0.1, -0.05) is 60.7 Å². The number of benzene rings is 4. The zero-order valence-corrected chi connectivity index (χ0v) is 20.4. The molecule has 2 aromatic heterocycles. The van der Waals surface area contributed by atoms with E-state index in [-0.39, 0.29) is 0 Å². The summed E-state index contributed by atoms with van der Waals surface area (Å²) in [5, 5.41) is 5.12. The van der Waals surface area contributed by atoms with Crippen molar-refractivity contribution in [2.45, 2.75) is 20.8 Å². The standard InChI is InChI=1S/C33H28N2/c1-23-17-19-35(34-18-9-8-14-32(34)28-12-6-4-10-24(28)2)33(20-23)30-22-31-27(21-25(30)3)16-15-26-11-5-7-13-29(26)31/h4-22H,1-3H3/q+2. The van der Waals surface area contributed by atoms with Crippen LogP contribution in [-0.4, -0.2) is 0 Å². The number of fused-ring (bicyclic) bond motifs is 3. The van der Waals surface area contributed by atoms with E-state index >= 15 is 0 Å². The van der Waals surface area contributed by atoms with Crippen LogP contribution in [0.1, 0.15) is 16.7 Å². The quantitative estimate of drug-likeness (QED) is 0.199. The normalized spacial score (nSPS) is 11.3. The summed E-state index contributed by atoms with van der Waals surface area (Å²) in [6, 6.07) is 37.2. The Hall–Kier alpha value is -4.30. The fraction of sp³-hybridized carbons (Fsp3) is 0.0909. The monoisotopic (exact) mass is 452 g/mol. The lowest BCUT2D eigenvalue weighted by Gasteiger charge is -2.10. The van der Waals surface area contributed by atoms with Crippen LogP contribution in [0.2, 0.25) is 0 Å². The minimum absolute atomic E-state index is 1.16. The summed E-state index contributed by atoms with van der Waals surface area (Å²) in [4.78, 5) is 0. The number of hydrogen-bond donors (Lipinski definition) is 0. The molecule has 0 aliphatic rings. The molecule has 6 aromatic rings. The first kappa shape index (κ1) is 21.2. The van der Waals surface area contributed by atoms with E-state index in [9.17, 15) is 0 Å². The lowest BCUT2D eigenvalue weighted by Crippen LogP contribution is -2.68. The van der Waals surface area contributed by atoms with E-state index in [2.05, 4.69) is 146 Å². The Morgan fingerprint density at radius 3 is 2.09 bits per heavy atom. The molecule has 0 aliphatic carbocycles. The van der Waals surface area contributed by atoms with Gasteiger partial charge in [0.15, 0.2) is 0 Å². The predicted molar refractivity (Wildman–Crippen MR) is 144 cm³/mol. The fourth-order valence-corrected chi connectivity index (χ4v) is 5.13. The van der Waals surface area contributed by atoms with Gasteiger partial charge < -0.3 is 0 Å². The summed E-state index contributed by atoms with van der Waals surface area (Å²) in [6.45, 7) is 6.55. The van der Waals surface area contributed by atoms with Gasteiger partial charge in [0.1, 0.15) is 0 Å². The molecule has 0 spiro atoms. The molecule has 0 saturated heterocycles. The molecule has 168 valence electrons. The van der Waals surface area contributed by atoms with Crippen molar-refractivity contribution in [3.63, 3.8) is 0 Å². The number of nitrogens with zero attached hydrogens (tertiary/aromatic N) is 2. The van der Waals surface area contributed by atoms with Crippen molar-refractivity contribution >= 4 is 21.5 Å². The summed E-state index contributed by atoms with van der Waals surface area (Å²) in [5.41, 5.74) is 8.56. The van der Waals surface area contributed by atoms with Gasteiger partial charge in [0.05, 0.1) is 20.5 Å². The molecule has 0 aliphatic heterocycles. The molecule has 0 amide bonds. The fourth-order valence-electron chi connectivity index (χ4n) is 5.13. The number of rotatable bonds is 3. The van der Waals surface area contributed by atoms with Crippen LogP contribution in [0.15, 0.2) is 116 Å². The smallest absolute Gasteiger partial charge is 0.0620 e. The van der Waals surface area contributed by atoms with E-state index in [0.717, 1.165) is 5.69 Å². The van der Waals surface area contributed by atoms with Crippen LogP contribution in [0.4, 0.5) is 0 Å². The summed E-state index contributed by atoms with van der Waals surface area (Å²) in [7, 11) is 0. The highest BCUT2D eigenvalue weighted by molar-refractivity contribution is 6.08. The first-order valence-corrected chi connectivity index (χ1v) is 12.1. The maximum absolute atomic E-state index is 2.37. The first-order chi connectivity index (χ1) is 17.1. The van der Waals surface area contributed by atoms with Gasteiger partial charge in [-0.25, -0.2) is 0 Å². The van der Waals surface area contributed by atoms with Crippen LogP contribution in [-0.2, 0) is 0 Å². The highest BCUT2D eigenvalue weighted by Crippen LogP contribution is 2.32. The third-order valence-corrected chi connectivity index (χ3v) is 6.95. The third-order valence-electron chi connectivity index (χ3n) is 6.95. The van der Waals surface area contributed by atoms with Crippen molar-refractivity contribution in [1.29, 1.82) is 0 Å². The van der Waals surface area contributed by atoms with Gasteiger partial charge in [0, 0.05) is 24.3 Å². The zero-order valence-electron chi connectivity index (χ0n) is 20.4. The van der Waals surface area contributed by atoms with E-state index < -0.39 is 0 Å². The predicted octanol–water partition coefficient (Wildman–Crippen LogP) is 7.14. The molecular formula is C33H28N2+2. The number of aromatic nitrogens is 2. The van der Waals surface area contributed by atoms with Gasteiger partial charge in [0.2, 0.25) is 12.4 Å². The Balaban J connectivity index is 1.64. The average Bonchev–Trinajstić information content (AvgIpc) is 2.88. The molecule has 0 unspecified atom stereocenters. The lowest BCUT2D eigenvalue weighted by molar-refractivity contribution is -1.29. The molecule has 0 bridgehead atoms. The van der Waals surface area contributed by atoms with Crippen LogP contribution >= 0.6 is 0 Å². The topological polar surface area (TPSA) is 7.76 Å². The van der Waals surface area contributed by atoms with Crippen molar-refractivity contribution < 1.29 is 9.35 Å². The molecule has 35 heavy (non-hydrogen) atoms. The Morgan fingerprint density at radius 1 is 0.457 bits per heavy atom. The minimum atomic E-state index is 1.16. The second-order valence-corrected chi connectivity index (χ2v) is 9.35. The molecule has 0 saturated carbocycles.